The van der Waals surface area contributed by atoms with E-state index in [-0.39, 0.29) is 6.61 Å². The van der Waals surface area contributed by atoms with Crippen molar-refractivity contribution < 1.29 is 9.84 Å². The Labute approximate surface area is 116 Å². The largest absolute Gasteiger partial charge is 0.492 e. The molecule has 4 heteroatoms. The average Bonchev–Trinajstić information content (AvgIpc) is 2.85. The SMILES string of the molecule is Cc1ccsc1-c1ccc(C#N)c(OCCCO)c1. The molecule has 0 bridgehead atoms. The summed E-state index contributed by atoms with van der Waals surface area (Å²) >= 11 is 1.67. The van der Waals surface area contributed by atoms with Crippen molar-refractivity contribution >= 4 is 11.3 Å². The van der Waals surface area contributed by atoms with E-state index in [1.54, 1.807) is 17.4 Å². The Morgan fingerprint density at radius 1 is 1.37 bits per heavy atom. The third-order valence-electron chi connectivity index (χ3n) is 2.79. The number of benzene rings is 1. The number of nitrogens with zero attached hydrogens (tertiary/aromatic N) is 1. The second kappa shape index (κ2) is 6.37. The maximum Gasteiger partial charge on any atom is 0.137 e. The predicted octanol–water partition coefficient (Wildman–Crippen LogP) is 3.36. The van der Waals surface area contributed by atoms with Gasteiger partial charge in [0.2, 0.25) is 0 Å². The van der Waals surface area contributed by atoms with Gasteiger partial charge in [-0.3, -0.25) is 0 Å². The van der Waals surface area contributed by atoms with Crippen LogP contribution in [0.2, 0.25) is 0 Å². The zero-order chi connectivity index (χ0) is 13.7. The van der Waals surface area contributed by atoms with Gasteiger partial charge in [0, 0.05) is 17.9 Å². The molecule has 0 amide bonds. The fourth-order valence-corrected chi connectivity index (χ4v) is 2.72. The normalized spacial score (nSPS) is 10.2. The first-order valence-corrected chi connectivity index (χ1v) is 6.96. The minimum absolute atomic E-state index is 0.0889. The average molecular weight is 273 g/mol. The van der Waals surface area contributed by atoms with Gasteiger partial charge >= 0.3 is 0 Å². The van der Waals surface area contributed by atoms with Gasteiger partial charge in [-0.25, -0.2) is 0 Å². The van der Waals surface area contributed by atoms with Crippen LogP contribution in [0.4, 0.5) is 0 Å². The fourth-order valence-electron chi connectivity index (χ4n) is 1.79. The smallest absolute Gasteiger partial charge is 0.137 e. The van der Waals surface area contributed by atoms with Gasteiger partial charge in [-0.05, 0) is 41.6 Å². The number of nitriles is 1. The highest BCUT2D eigenvalue weighted by Crippen LogP contribution is 2.32. The summed E-state index contributed by atoms with van der Waals surface area (Å²) in [4.78, 5) is 1.19. The molecule has 19 heavy (non-hydrogen) atoms. The molecule has 0 saturated carbocycles. The number of hydrogen-bond donors (Lipinski definition) is 1. The molecule has 0 atom stereocenters. The summed E-state index contributed by atoms with van der Waals surface area (Å²) < 4.78 is 5.57. The number of aliphatic hydroxyl groups is 1. The maximum absolute atomic E-state index is 9.07. The molecule has 2 aromatic rings. The molecule has 1 N–H and O–H groups in total. The lowest BCUT2D eigenvalue weighted by Crippen LogP contribution is -2.01. The molecule has 1 aromatic carbocycles. The van der Waals surface area contributed by atoms with Gasteiger partial charge in [0.1, 0.15) is 11.8 Å². The van der Waals surface area contributed by atoms with Crippen LogP contribution in [0.5, 0.6) is 5.75 Å². The molecule has 0 spiro atoms. The van der Waals surface area contributed by atoms with Gasteiger partial charge in [-0.1, -0.05) is 6.07 Å². The summed E-state index contributed by atoms with van der Waals surface area (Å²) in [6.45, 7) is 2.57. The molecule has 1 aromatic heterocycles. The van der Waals surface area contributed by atoms with E-state index in [0.717, 1.165) is 5.56 Å². The lowest BCUT2D eigenvalue weighted by molar-refractivity contribution is 0.233. The Bertz CT molecular complexity index is 598. The lowest BCUT2D eigenvalue weighted by Gasteiger charge is -2.09. The molecular weight excluding hydrogens is 258 g/mol. The van der Waals surface area contributed by atoms with E-state index >= 15 is 0 Å². The van der Waals surface area contributed by atoms with Crippen molar-refractivity contribution in [2.45, 2.75) is 13.3 Å². The van der Waals surface area contributed by atoms with E-state index in [1.807, 2.05) is 12.1 Å². The number of rotatable bonds is 5. The Morgan fingerprint density at radius 3 is 2.84 bits per heavy atom. The summed E-state index contributed by atoms with van der Waals surface area (Å²) in [5, 5.41) is 19.9. The Hall–Kier alpha value is -1.83. The third-order valence-corrected chi connectivity index (χ3v) is 3.85. The van der Waals surface area contributed by atoms with E-state index in [1.165, 1.54) is 10.4 Å². The predicted molar refractivity (Wildman–Crippen MR) is 76.4 cm³/mol. The van der Waals surface area contributed by atoms with Crippen LogP contribution in [-0.2, 0) is 0 Å². The monoisotopic (exact) mass is 273 g/mol. The molecular formula is C15H15NO2S. The second-order valence-corrected chi connectivity index (χ2v) is 5.10. The molecule has 98 valence electrons. The van der Waals surface area contributed by atoms with Gasteiger partial charge in [0.15, 0.2) is 0 Å². The molecule has 2 rings (SSSR count). The number of ether oxygens (including phenoxy) is 1. The highest BCUT2D eigenvalue weighted by atomic mass is 32.1. The van der Waals surface area contributed by atoms with E-state index in [4.69, 9.17) is 15.1 Å². The molecule has 0 aliphatic rings. The number of aliphatic hydroxyl groups excluding tert-OH is 1. The molecule has 0 aliphatic heterocycles. The summed E-state index contributed by atoms with van der Waals surface area (Å²) in [5.41, 5.74) is 2.80. The number of aryl methyl sites for hydroxylation is 1. The first-order chi connectivity index (χ1) is 9.26. The van der Waals surface area contributed by atoms with E-state index in [9.17, 15) is 0 Å². The zero-order valence-electron chi connectivity index (χ0n) is 10.7. The van der Waals surface area contributed by atoms with Crippen LogP contribution in [-0.4, -0.2) is 18.3 Å². The van der Waals surface area contributed by atoms with Gasteiger partial charge in [0.25, 0.3) is 0 Å². The standard InChI is InChI=1S/C15H15NO2S/c1-11-5-8-19-15(11)12-3-4-13(10-16)14(9-12)18-7-2-6-17/h3-5,8-9,17H,2,6-7H2,1H3. The van der Waals surface area contributed by atoms with Crippen LogP contribution in [0, 0.1) is 18.3 Å². The van der Waals surface area contributed by atoms with Crippen molar-refractivity contribution in [2.24, 2.45) is 0 Å². The van der Waals surface area contributed by atoms with Crippen LogP contribution >= 0.6 is 11.3 Å². The van der Waals surface area contributed by atoms with E-state index in [0.29, 0.717) is 24.3 Å². The van der Waals surface area contributed by atoms with Gasteiger partial charge in [0.05, 0.1) is 12.2 Å². The van der Waals surface area contributed by atoms with Crippen LogP contribution < -0.4 is 4.74 Å². The topological polar surface area (TPSA) is 53.2 Å². The van der Waals surface area contributed by atoms with Crippen molar-refractivity contribution in [1.29, 1.82) is 5.26 Å². The van der Waals surface area contributed by atoms with Gasteiger partial charge < -0.3 is 9.84 Å². The Balaban J connectivity index is 2.31. The van der Waals surface area contributed by atoms with Crippen molar-refractivity contribution in [3.63, 3.8) is 0 Å². The minimum Gasteiger partial charge on any atom is -0.492 e. The minimum atomic E-state index is 0.0889. The molecule has 3 nitrogen and oxygen atoms in total. The van der Waals surface area contributed by atoms with Crippen LogP contribution in [0.25, 0.3) is 10.4 Å². The van der Waals surface area contributed by atoms with Crippen molar-refractivity contribution in [1.82, 2.24) is 0 Å². The molecule has 0 aliphatic carbocycles. The molecule has 0 unspecified atom stereocenters. The lowest BCUT2D eigenvalue weighted by atomic mass is 10.1. The highest BCUT2D eigenvalue weighted by Gasteiger charge is 2.09. The van der Waals surface area contributed by atoms with Crippen molar-refractivity contribution in [3.05, 3.63) is 40.8 Å². The van der Waals surface area contributed by atoms with Crippen molar-refractivity contribution in [3.8, 4) is 22.3 Å². The molecule has 0 fully saturated rings. The zero-order valence-corrected chi connectivity index (χ0v) is 11.5. The van der Waals surface area contributed by atoms with Gasteiger partial charge in [-0.2, -0.15) is 5.26 Å². The highest BCUT2D eigenvalue weighted by molar-refractivity contribution is 7.13. The first-order valence-electron chi connectivity index (χ1n) is 6.08. The van der Waals surface area contributed by atoms with E-state index < -0.39 is 0 Å². The molecule has 0 saturated heterocycles. The quantitative estimate of drug-likeness (QED) is 0.850. The van der Waals surface area contributed by atoms with Crippen molar-refractivity contribution in [2.75, 3.05) is 13.2 Å². The summed E-state index contributed by atoms with van der Waals surface area (Å²) in [6, 6.07) is 9.82. The second-order valence-electron chi connectivity index (χ2n) is 4.18. The summed E-state index contributed by atoms with van der Waals surface area (Å²) in [5.74, 6) is 0.584. The number of thiophene rings is 1. The van der Waals surface area contributed by atoms with E-state index in [2.05, 4.69) is 24.4 Å². The van der Waals surface area contributed by atoms with Crippen LogP contribution in [0.1, 0.15) is 17.5 Å². The molecule has 1 heterocycles. The summed E-state index contributed by atoms with van der Waals surface area (Å²) in [7, 11) is 0. The fraction of sp³-hybridized carbons (Fsp3) is 0.267. The molecule has 0 radical (unpaired) electrons. The Morgan fingerprint density at radius 2 is 2.21 bits per heavy atom. The summed E-state index contributed by atoms with van der Waals surface area (Å²) in [6.07, 6.45) is 0.563. The number of hydrogen-bond acceptors (Lipinski definition) is 4. The van der Waals surface area contributed by atoms with Gasteiger partial charge in [-0.15, -0.1) is 11.3 Å². The Kier molecular flexibility index (Phi) is 4.56. The van der Waals surface area contributed by atoms with Crippen LogP contribution in [0.15, 0.2) is 29.6 Å². The maximum atomic E-state index is 9.07. The third kappa shape index (κ3) is 3.14. The first kappa shape index (κ1) is 13.6. The van der Waals surface area contributed by atoms with Crippen LogP contribution in [0.3, 0.4) is 0 Å².